The maximum atomic E-state index is 12.8. The molecule has 1 amide bonds. The Morgan fingerprint density at radius 2 is 1.96 bits per heavy atom. The van der Waals surface area contributed by atoms with E-state index >= 15 is 0 Å². The van der Waals surface area contributed by atoms with Crippen molar-refractivity contribution in [2.24, 2.45) is 0 Å². The Labute approximate surface area is 159 Å². The standard InChI is InChI=1S/C17H14Cl3N3O2/c1-3-25-13-5-4-6-23-15(9(2)21-16(13)23)17(24)22-14-11(19)7-10(18)8-12(14)20/h4-8H,3H2,1-2H3,(H,22,24). The van der Waals surface area contributed by atoms with Gasteiger partial charge in [0.25, 0.3) is 5.91 Å². The monoisotopic (exact) mass is 397 g/mol. The fraction of sp³-hybridized carbons (Fsp3) is 0.176. The van der Waals surface area contributed by atoms with Gasteiger partial charge in [0.1, 0.15) is 5.69 Å². The molecule has 0 aliphatic carbocycles. The highest BCUT2D eigenvalue weighted by atomic mass is 35.5. The third kappa shape index (κ3) is 3.40. The largest absolute Gasteiger partial charge is 0.490 e. The van der Waals surface area contributed by atoms with E-state index in [0.29, 0.717) is 40.1 Å². The molecule has 1 N–H and O–H groups in total. The van der Waals surface area contributed by atoms with Gasteiger partial charge >= 0.3 is 0 Å². The van der Waals surface area contributed by atoms with Crippen LogP contribution in [0.4, 0.5) is 5.69 Å². The second kappa shape index (κ2) is 7.12. The Hall–Kier alpha value is -1.95. The van der Waals surface area contributed by atoms with Gasteiger partial charge in [-0.05, 0) is 38.1 Å². The molecule has 0 unspecified atom stereocenters. The molecule has 0 fully saturated rings. The van der Waals surface area contributed by atoms with Gasteiger partial charge in [0.15, 0.2) is 11.4 Å². The molecule has 0 aliphatic heterocycles. The first kappa shape index (κ1) is 17.9. The summed E-state index contributed by atoms with van der Waals surface area (Å²) >= 11 is 18.2. The molecule has 3 rings (SSSR count). The molecule has 8 heteroatoms. The van der Waals surface area contributed by atoms with Gasteiger partial charge < -0.3 is 10.1 Å². The lowest BCUT2D eigenvalue weighted by Gasteiger charge is -2.10. The maximum Gasteiger partial charge on any atom is 0.274 e. The van der Waals surface area contributed by atoms with Crippen molar-refractivity contribution in [1.29, 1.82) is 0 Å². The molecule has 25 heavy (non-hydrogen) atoms. The first-order chi connectivity index (χ1) is 11.9. The zero-order valence-corrected chi connectivity index (χ0v) is 15.7. The fourth-order valence-corrected chi connectivity index (χ4v) is 3.44. The summed E-state index contributed by atoms with van der Waals surface area (Å²) in [4.78, 5) is 17.2. The molecule has 2 heterocycles. The Bertz CT molecular complexity index is 946. The minimum atomic E-state index is -0.384. The molecular weight excluding hydrogens is 385 g/mol. The number of halogens is 3. The minimum absolute atomic E-state index is 0.257. The molecular formula is C17H14Cl3N3O2. The zero-order valence-electron chi connectivity index (χ0n) is 13.4. The van der Waals surface area contributed by atoms with Crippen LogP contribution in [0.15, 0.2) is 30.5 Å². The van der Waals surface area contributed by atoms with E-state index in [1.54, 1.807) is 29.7 Å². The first-order valence-electron chi connectivity index (χ1n) is 7.48. The van der Waals surface area contributed by atoms with Gasteiger partial charge in [-0.3, -0.25) is 9.20 Å². The van der Waals surface area contributed by atoms with Gasteiger partial charge in [-0.1, -0.05) is 34.8 Å². The predicted octanol–water partition coefficient (Wildman–Crippen LogP) is 5.25. The van der Waals surface area contributed by atoms with E-state index in [9.17, 15) is 4.79 Å². The van der Waals surface area contributed by atoms with Crippen LogP contribution in [0.3, 0.4) is 0 Å². The number of amides is 1. The average Bonchev–Trinajstić information content (AvgIpc) is 2.88. The molecule has 2 aromatic heterocycles. The molecule has 3 aromatic rings. The van der Waals surface area contributed by atoms with Crippen molar-refractivity contribution in [3.05, 3.63) is 56.9 Å². The summed E-state index contributed by atoms with van der Waals surface area (Å²) in [5, 5.41) is 3.63. The van der Waals surface area contributed by atoms with Gasteiger partial charge in [0.05, 0.1) is 28.0 Å². The molecule has 0 radical (unpaired) electrons. The van der Waals surface area contributed by atoms with Crippen molar-refractivity contribution in [2.45, 2.75) is 13.8 Å². The molecule has 0 bridgehead atoms. The average molecular weight is 399 g/mol. The molecule has 0 atom stereocenters. The smallest absolute Gasteiger partial charge is 0.274 e. The van der Waals surface area contributed by atoms with E-state index in [1.807, 2.05) is 6.92 Å². The topological polar surface area (TPSA) is 55.6 Å². The van der Waals surface area contributed by atoms with E-state index in [2.05, 4.69) is 10.3 Å². The number of nitrogens with zero attached hydrogens (tertiary/aromatic N) is 2. The number of anilines is 1. The Morgan fingerprint density at radius 3 is 2.60 bits per heavy atom. The number of hydrogen-bond acceptors (Lipinski definition) is 3. The quantitative estimate of drug-likeness (QED) is 0.652. The van der Waals surface area contributed by atoms with Crippen molar-refractivity contribution in [2.75, 3.05) is 11.9 Å². The summed E-state index contributed by atoms with van der Waals surface area (Å²) in [5.74, 6) is 0.222. The highest BCUT2D eigenvalue weighted by Crippen LogP contribution is 2.34. The summed E-state index contributed by atoms with van der Waals surface area (Å²) < 4.78 is 7.24. The van der Waals surface area contributed by atoms with Gasteiger partial charge in [-0.25, -0.2) is 4.98 Å². The number of nitrogens with one attached hydrogen (secondary N) is 1. The van der Waals surface area contributed by atoms with Crippen LogP contribution in [0.2, 0.25) is 15.1 Å². The molecule has 1 aromatic carbocycles. The molecule has 130 valence electrons. The second-order valence-corrected chi connectivity index (χ2v) is 6.49. The highest BCUT2D eigenvalue weighted by Gasteiger charge is 2.20. The predicted molar refractivity (Wildman–Crippen MR) is 101 cm³/mol. The molecule has 0 spiro atoms. The lowest BCUT2D eigenvalue weighted by atomic mass is 10.2. The third-order valence-electron chi connectivity index (χ3n) is 3.55. The number of imidazole rings is 1. The van der Waals surface area contributed by atoms with Gasteiger partial charge in [0, 0.05) is 11.2 Å². The van der Waals surface area contributed by atoms with Crippen LogP contribution in [-0.2, 0) is 0 Å². The number of fused-ring (bicyclic) bond motifs is 1. The molecule has 5 nitrogen and oxygen atoms in total. The van der Waals surface area contributed by atoms with Crippen LogP contribution >= 0.6 is 34.8 Å². The molecule has 0 aliphatic rings. The van der Waals surface area contributed by atoms with E-state index in [1.165, 1.54) is 12.1 Å². The summed E-state index contributed by atoms with van der Waals surface area (Å²) in [6.07, 6.45) is 1.75. The SMILES string of the molecule is CCOc1cccn2c(C(=O)Nc3c(Cl)cc(Cl)cc3Cl)c(C)nc12. The lowest BCUT2D eigenvalue weighted by molar-refractivity contribution is 0.102. The van der Waals surface area contributed by atoms with Crippen molar-refractivity contribution in [1.82, 2.24) is 9.38 Å². The van der Waals surface area contributed by atoms with Gasteiger partial charge in [0.2, 0.25) is 0 Å². The number of carbonyl (C=O) groups excluding carboxylic acids is 1. The third-order valence-corrected chi connectivity index (χ3v) is 4.36. The van der Waals surface area contributed by atoms with Crippen LogP contribution in [-0.4, -0.2) is 21.9 Å². The van der Waals surface area contributed by atoms with E-state index in [0.717, 1.165) is 0 Å². The maximum absolute atomic E-state index is 12.8. The number of ether oxygens (including phenoxy) is 1. The summed E-state index contributed by atoms with van der Waals surface area (Å²) in [5.41, 5.74) is 1.80. The second-order valence-electron chi connectivity index (χ2n) is 5.24. The van der Waals surface area contributed by atoms with Crippen LogP contribution in [0.1, 0.15) is 23.1 Å². The Morgan fingerprint density at radius 1 is 1.28 bits per heavy atom. The number of hydrogen-bond donors (Lipinski definition) is 1. The number of rotatable bonds is 4. The van der Waals surface area contributed by atoms with Gasteiger partial charge in [-0.15, -0.1) is 0 Å². The van der Waals surface area contributed by atoms with E-state index < -0.39 is 0 Å². The van der Waals surface area contributed by atoms with Gasteiger partial charge in [-0.2, -0.15) is 0 Å². The highest BCUT2D eigenvalue weighted by molar-refractivity contribution is 6.42. The normalized spacial score (nSPS) is 10.9. The van der Waals surface area contributed by atoms with Crippen LogP contribution in [0.25, 0.3) is 5.65 Å². The minimum Gasteiger partial charge on any atom is -0.490 e. The van der Waals surface area contributed by atoms with Crippen LogP contribution in [0.5, 0.6) is 5.75 Å². The van der Waals surface area contributed by atoms with Crippen LogP contribution in [0, 0.1) is 6.92 Å². The van der Waals surface area contributed by atoms with E-state index in [-0.39, 0.29) is 16.0 Å². The van der Waals surface area contributed by atoms with Crippen molar-refractivity contribution >= 4 is 52.0 Å². The first-order valence-corrected chi connectivity index (χ1v) is 8.62. The van der Waals surface area contributed by atoms with Crippen molar-refractivity contribution in [3.63, 3.8) is 0 Å². The molecule has 0 saturated heterocycles. The number of carbonyl (C=O) groups is 1. The number of aromatic nitrogens is 2. The zero-order chi connectivity index (χ0) is 18.1. The van der Waals surface area contributed by atoms with E-state index in [4.69, 9.17) is 39.5 Å². The summed E-state index contributed by atoms with van der Waals surface area (Å²) in [6.45, 7) is 4.14. The number of benzene rings is 1. The fourth-order valence-electron chi connectivity index (χ4n) is 2.53. The summed E-state index contributed by atoms with van der Waals surface area (Å²) in [6, 6.07) is 6.62. The number of aryl methyl sites for hydroxylation is 1. The van der Waals surface area contributed by atoms with Crippen molar-refractivity contribution in [3.8, 4) is 5.75 Å². The van der Waals surface area contributed by atoms with Crippen LogP contribution < -0.4 is 10.1 Å². The summed E-state index contributed by atoms with van der Waals surface area (Å²) in [7, 11) is 0. The number of pyridine rings is 1. The lowest BCUT2D eigenvalue weighted by Crippen LogP contribution is -2.16. The van der Waals surface area contributed by atoms with Crippen molar-refractivity contribution < 1.29 is 9.53 Å². The molecule has 0 saturated carbocycles. The Kier molecular flexibility index (Phi) is 5.08. The Balaban J connectivity index is 2.04.